The molecule has 7 heteroatoms. The molecule has 1 aromatic heterocycles. The number of nitrogens with zero attached hydrogens (tertiary/aromatic N) is 2. The van der Waals surface area contributed by atoms with Gasteiger partial charge in [0, 0.05) is 13.5 Å². The van der Waals surface area contributed by atoms with Crippen LogP contribution in [0, 0.1) is 5.92 Å². The lowest BCUT2D eigenvalue weighted by Gasteiger charge is -2.32. The van der Waals surface area contributed by atoms with Gasteiger partial charge in [0.15, 0.2) is 0 Å². The van der Waals surface area contributed by atoms with Crippen LogP contribution in [0.1, 0.15) is 42.9 Å². The average molecular weight is 406 g/mol. The van der Waals surface area contributed by atoms with Crippen molar-refractivity contribution in [2.45, 2.75) is 39.5 Å². The lowest BCUT2D eigenvalue weighted by Crippen LogP contribution is -2.35. The van der Waals surface area contributed by atoms with Crippen molar-refractivity contribution >= 4 is 27.5 Å². The molecule has 0 saturated carbocycles. The van der Waals surface area contributed by atoms with Crippen LogP contribution in [0.4, 0.5) is 13.2 Å². The number of hydrogen-bond donors (Lipinski definition) is 0. The van der Waals surface area contributed by atoms with E-state index in [1.165, 1.54) is 24.3 Å². The fourth-order valence-corrected chi connectivity index (χ4v) is 4.45. The van der Waals surface area contributed by atoms with E-state index in [4.69, 9.17) is 0 Å². The Balaban J connectivity index is 2.01. The van der Waals surface area contributed by atoms with Gasteiger partial charge in [-0.1, -0.05) is 44.2 Å². The Bertz CT molecular complexity index is 967. The minimum absolute atomic E-state index is 0.0512. The lowest BCUT2D eigenvalue weighted by atomic mass is 10.0. The summed E-state index contributed by atoms with van der Waals surface area (Å²) in [6, 6.07) is 12.9. The van der Waals surface area contributed by atoms with Crippen molar-refractivity contribution in [1.82, 2.24) is 9.88 Å². The summed E-state index contributed by atoms with van der Waals surface area (Å²) in [4.78, 5) is 18.6. The summed E-state index contributed by atoms with van der Waals surface area (Å²) in [6.07, 6.45) is -4.41. The van der Waals surface area contributed by atoms with Crippen molar-refractivity contribution in [2.24, 2.45) is 5.92 Å². The molecule has 0 aliphatic carbocycles. The Hall–Kier alpha value is -2.41. The van der Waals surface area contributed by atoms with E-state index in [1.807, 2.05) is 44.2 Å². The van der Waals surface area contributed by atoms with Crippen LogP contribution in [0.3, 0.4) is 0 Å². The third kappa shape index (κ3) is 4.35. The second-order valence-corrected chi connectivity index (χ2v) is 8.12. The van der Waals surface area contributed by atoms with Gasteiger partial charge in [0.1, 0.15) is 5.01 Å². The normalized spacial score (nSPS) is 13.1. The van der Waals surface area contributed by atoms with Crippen LogP contribution in [-0.2, 0) is 17.5 Å². The predicted molar refractivity (Wildman–Crippen MR) is 105 cm³/mol. The molecule has 0 bridgehead atoms. The van der Waals surface area contributed by atoms with Gasteiger partial charge in [-0.2, -0.15) is 13.2 Å². The Morgan fingerprint density at radius 1 is 1.14 bits per heavy atom. The molecule has 148 valence electrons. The van der Waals surface area contributed by atoms with Gasteiger partial charge in [0.2, 0.25) is 5.91 Å². The maximum atomic E-state index is 13.0. The largest absolute Gasteiger partial charge is 0.416 e. The minimum atomic E-state index is -4.41. The van der Waals surface area contributed by atoms with Crippen molar-refractivity contribution in [3.63, 3.8) is 0 Å². The summed E-state index contributed by atoms with van der Waals surface area (Å²) in [7, 11) is 0. The minimum Gasteiger partial charge on any atom is -0.329 e. The van der Waals surface area contributed by atoms with Crippen molar-refractivity contribution in [2.75, 3.05) is 0 Å². The number of alkyl halides is 3. The second-order valence-electron chi connectivity index (χ2n) is 7.05. The maximum absolute atomic E-state index is 13.0. The van der Waals surface area contributed by atoms with Crippen LogP contribution >= 0.6 is 11.3 Å². The molecule has 0 N–H and O–H groups in total. The molecule has 0 radical (unpaired) electrons. The van der Waals surface area contributed by atoms with E-state index in [-0.39, 0.29) is 17.9 Å². The molecular formula is C21H21F3N2OS. The molecule has 0 fully saturated rings. The molecule has 0 aliphatic heterocycles. The molecule has 2 aromatic carbocycles. The van der Waals surface area contributed by atoms with Gasteiger partial charge in [-0.3, -0.25) is 4.79 Å². The van der Waals surface area contributed by atoms with Crippen LogP contribution in [-0.4, -0.2) is 15.8 Å². The highest BCUT2D eigenvalue weighted by Crippen LogP contribution is 2.37. The Morgan fingerprint density at radius 3 is 2.39 bits per heavy atom. The van der Waals surface area contributed by atoms with E-state index >= 15 is 0 Å². The summed E-state index contributed by atoms with van der Waals surface area (Å²) in [5.41, 5.74) is 0.582. The average Bonchev–Trinajstić information content (AvgIpc) is 3.03. The Labute approximate surface area is 165 Å². The molecule has 28 heavy (non-hydrogen) atoms. The van der Waals surface area contributed by atoms with E-state index < -0.39 is 11.7 Å². The van der Waals surface area contributed by atoms with Gasteiger partial charge in [0.05, 0.1) is 21.8 Å². The molecule has 0 spiro atoms. The van der Waals surface area contributed by atoms with Gasteiger partial charge in [-0.15, -0.1) is 11.3 Å². The zero-order valence-electron chi connectivity index (χ0n) is 15.8. The molecule has 3 aromatic rings. The van der Waals surface area contributed by atoms with E-state index in [2.05, 4.69) is 4.98 Å². The molecular weight excluding hydrogens is 385 g/mol. The molecule has 1 amide bonds. The lowest BCUT2D eigenvalue weighted by molar-refractivity contribution is -0.137. The van der Waals surface area contributed by atoms with Gasteiger partial charge in [0.25, 0.3) is 0 Å². The first-order valence-corrected chi connectivity index (χ1v) is 9.77. The Kier molecular flexibility index (Phi) is 5.74. The first-order valence-electron chi connectivity index (χ1n) is 8.95. The van der Waals surface area contributed by atoms with Crippen LogP contribution in [0.5, 0.6) is 0 Å². The molecule has 1 atom stereocenters. The Morgan fingerprint density at radius 2 is 1.82 bits per heavy atom. The van der Waals surface area contributed by atoms with E-state index in [1.54, 1.807) is 4.90 Å². The number of thiazole rings is 1. The third-order valence-corrected chi connectivity index (χ3v) is 5.66. The van der Waals surface area contributed by atoms with Crippen LogP contribution in [0.15, 0.2) is 48.5 Å². The van der Waals surface area contributed by atoms with Crippen molar-refractivity contribution < 1.29 is 18.0 Å². The number of benzene rings is 2. The second kappa shape index (κ2) is 7.91. The van der Waals surface area contributed by atoms with E-state index in [0.717, 1.165) is 17.7 Å². The van der Waals surface area contributed by atoms with E-state index in [0.29, 0.717) is 21.8 Å². The van der Waals surface area contributed by atoms with Gasteiger partial charge in [-0.25, -0.2) is 4.98 Å². The molecule has 0 saturated heterocycles. The highest BCUT2D eigenvalue weighted by atomic mass is 32.1. The highest BCUT2D eigenvalue weighted by molar-refractivity contribution is 7.18. The SMILES string of the molecule is CC(=O)N(Cc1ccccc1)C(c1nc2cc(C(F)(F)F)ccc2s1)C(C)C. The van der Waals surface area contributed by atoms with Gasteiger partial charge in [-0.05, 0) is 29.7 Å². The summed E-state index contributed by atoms with van der Waals surface area (Å²) < 4.78 is 39.7. The topological polar surface area (TPSA) is 33.2 Å². The number of aromatic nitrogens is 1. The zero-order chi connectivity index (χ0) is 20.5. The first-order chi connectivity index (χ1) is 13.2. The molecule has 3 rings (SSSR count). The molecule has 0 aliphatic rings. The summed E-state index contributed by atoms with van der Waals surface area (Å²) in [5.74, 6) is -0.0481. The quantitative estimate of drug-likeness (QED) is 0.516. The van der Waals surface area contributed by atoms with Crippen molar-refractivity contribution in [3.8, 4) is 0 Å². The number of rotatable bonds is 5. The van der Waals surface area contributed by atoms with Crippen LogP contribution in [0.25, 0.3) is 10.2 Å². The first kappa shape index (κ1) is 20.3. The number of hydrogen-bond acceptors (Lipinski definition) is 3. The standard InChI is InChI=1S/C21H21F3N2OS/c1-13(2)19(26(14(3)27)12-15-7-5-4-6-8-15)20-25-17-11-16(21(22,23)24)9-10-18(17)28-20/h4-11,13,19H,12H2,1-3H3. The molecule has 3 nitrogen and oxygen atoms in total. The monoisotopic (exact) mass is 406 g/mol. The van der Waals surface area contributed by atoms with E-state index in [9.17, 15) is 18.0 Å². The number of amides is 1. The smallest absolute Gasteiger partial charge is 0.329 e. The summed E-state index contributed by atoms with van der Waals surface area (Å²) in [5, 5.41) is 0.649. The number of carbonyl (C=O) groups is 1. The summed E-state index contributed by atoms with van der Waals surface area (Å²) >= 11 is 1.34. The maximum Gasteiger partial charge on any atom is 0.416 e. The van der Waals surface area contributed by atoms with Crippen LogP contribution in [0.2, 0.25) is 0 Å². The predicted octanol–water partition coefficient (Wildman–Crippen LogP) is 6.06. The number of halogens is 3. The van der Waals surface area contributed by atoms with Gasteiger partial charge < -0.3 is 4.90 Å². The fraction of sp³-hybridized carbons (Fsp3) is 0.333. The number of carbonyl (C=O) groups excluding carboxylic acids is 1. The fourth-order valence-electron chi connectivity index (χ4n) is 3.21. The zero-order valence-corrected chi connectivity index (χ0v) is 16.6. The highest BCUT2D eigenvalue weighted by Gasteiger charge is 2.32. The van der Waals surface area contributed by atoms with Gasteiger partial charge >= 0.3 is 6.18 Å². The molecule has 1 unspecified atom stereocenters. The van der Waals surface area contributed by atoms with Crippen LogP contribution < -0.4 is 0 Å². The van der Waals surface area contributed by atoms with Crippen molar-refractivity contribution in [3.05, 3.63) is 64.7 Å². The summed E-state index contributed by atoms with van der Waals surface area (Å²) in [6.45, 7) is 5.90. The third-order valence-electron chi connectivity index (χ3n) is 4.55. The van der Waals surface area contributed by atoms with Crippen molar-refractivity contribution in [1.29, 1.82) is 0 Å². The number of fused-ring (bicyclic) bond motifs is 1. The molecule has 1 heterocycles.